The van der Waals surface area contributed by atoms with E-state index < -0.39 is 0 Å². The summed E-state index contributed by atoms with van der Waals surface area (Å²) >= 11 is 0. The van der Waals surface area contributed by atoms with Crippen molar-refractivity contribution in [3.63, 3.8) is 0 Å². The summed E-state index contributed by atoms with van der Waals surface area (Å²) in [6, 6.07) is 10.4. The summed E-state index contributed by atoms with van der Waals surface area (Å²) in [5.41, 5.74) is 1.27. The van der Waals surface area contributed by atoms with Gasteiger partial charge in [-0.05, 0) is 18.4 Å². The maximum Gasteiger partial charge on any atom is 0.0583 e. The molecule has 0 amide bonds. The molecule has 0 heterocycles. The number of benzene rings is 1. The monoisotopic (exact) mass is 206 g/mol. The highest BCUT2D eigenvalue weighted by atomic mass is 16.3. The van der Waals surface area contributed by atoms with Gasteiger partial charge in [-0.2, -0.15) is 0 Å². The van der Waals surface area contributed by atoms with Crippen molar-refractivity contribution in [3.8, 4) is 0 Å². The molecule has 1 N–H and O–H groups in total. The van der Waals surface area contributed by atoms with E-state index in [9.17, 15) is 5.11 Å². The van der Waals surface area contributed by atoms with Crippen LogP contribution in [0.5, 0.6) is 0 Å². The lowest BCUT2D eigenvalue weighted by Gasteiger charge is -2.28. The molecular formula is C14H22O. The Labute approximate surface area is 93.1 Å². The number of aliphatic hydroxyl groups is 1. The summed E-state index contributed by atoms with van der Waals surface area (Å²) in [6.45, 7) is 6.30. The Morgan fingerprint density at radius 1 is 1.07 bits per heavy atom. The van der Waals surface area contributed by atoms with Gasteiger partial charge in [0, 0.05) is 5.92 Å². The van der Waals surface area contributed by atoms with Crippen LogP contribution in [0.4, 0.5) is 0 Å². The van der Waals surface area contributed by atoms with Crippen molar-refractivity contribution < 1.29 is 5.11 Å². The van der Waals surface area contributed by atoms with Gasteiger partial charge in [0.15, 0.2) is 0 Å². The molecular weight excluding hydrogens is 184 g/mol. The second-order valence-corrected chi connectivity index (χ2v) is 4.25. The van der Waals surface area contributed by atoms with E-state index in [-0.39, 0.29) is 12.0 Å². The topological polar surface area (TPSA) is 20.2 Å². The molecule has 15 heavy (non-hydrogen) atoms. The van der Waals surface area contributed by atoms with Gasteiger partial charge in [-0.1, -0.05) is 57.0 Å². The molecule has 0 radical (unpaired) electrons. The minimum absolute atomic E-state index is 0.266. The smallest absolute Gasteiger partial charge is 0.0583 e. The molecule has 1 heteroatoms. The molecule has 0 saturated heterocycles. The van der Waals surface area contributed by atoms with E-state index in [0.717, 1.165) is 12.8 Å². The number of rotatable bonds is 5. The Kier molecular flexibility index (Phi) is 4.83. The molecule has 0 aliphatic heterocycles. The van der Waals surface area contributed by atoms with Crippen LogP contribution in [-0.4, -0.2) is 11.2 Å². The van der Waals surface area contributed by atoms with E-state index in [1.54, 1.807) is 0 Å². The van der Waals surface area contributed by atoms with Crippen LogP contribution in [-0.2, 0) is 0 Å². The molecule has 2 atom stereocenters. The van der Waals surface area contributed by atoms with Crippen molar-refractivity contribution in [3.05, 3.63) is 35.9 Å². The zero-order valence-corrected chi connectivity index (χ0v) is 9.98. The van der Waals surface area contributed by atoms with Crippen molar-refractivity contribution in [1.82, 2.24) is 0 Å². The highest BCUT2D eigenvalue weighted by Crippen LogP contribution is 2.32. The van der Waals surface area contributed by atoms with Gasteiger partial charge in [-0.3, -0.25) is 0 Å². The Bertz CT molecular complexity index is 262. The standard InChI is InChI=1S/C14H22O/c1-4-12(5-2)14(11(3)15)13-9-7-6-8-10-13/h6-12,14-15H,4-5H2,1-3H3/t11?,14-/m0/s1. The van der Waals surface area contributed by atoms with Crippen LogP contribution < -0.4 is 0 Å². The van der Waals surface area contributed by atoms with Gasteiger partial charge >= 0.3 is 0 Å². The van der Waals surface area contributed by atoms with E-state index >= 15 is 0 Å². The van der Waals surface area contributed by atoms with Crippen LogP contribution in [0.15, 0.2) is 30.3 Å². The minimum Gasteiger partial charge on any atom is -0.393 e. The molecule has 0 saturated carbocycles. The Morgan fingerprint density at radius 3 is 2.00 bits per heavy atom. The Hall–Kier alpha value is -0.820. The van der Waals surface area contributed by atoms with Crippen molar-refractivity contribution in [2.75, 3.05) is 0 Å². The predicted octanol–water partition coefficient (Wildman–Crippen LogP) is 3.59. The molecule has 1 unspecified atom stereocenters. The first-order chi connectivity index (χ1) is 7.20. The highest BCUT2D eigenvalue weighted by molar-refractivity contribution is 5.21. The van der Waals surface area contributed by atoms with Crippen molar-refractivity contribution in [2.45, 2.75) is 45.6 Å². The Morgan fingerprint density at radius 2 is 1.60 bits per heavy atom. The molecule has 1 aromatic carbocycles. The first-order valence-corrected chi connectivity index (χ1v) is 5.93. The van der Waals surface area contributed by atoms with Crippen molar-refractivity contribution in [1.29, 1.82) is 0 Å². The average Bonchev–Trinajstić information content (AvgIpc) is 2.26. The van der Waals surface area contributed by atoms with Crippen molar-refractivity contribution in [2.24, 2.45) is 5.92 Å². The quantitative estimate of drug-likeness (QED) is 0.780. The third-order valence-corrected chi connectivity index (χ3v) is 3.26. The first kappa shape index (κ1) is 12.3. The summed E-state index contributed by atoms with van der Waals surface area (Å²) in [5, 5.41) is 9.90. The lowest BCUT2D eigenvalue weighted by atomic mass is 9.79. The van der Waals surface area contributed by atoms with Crippen LogP contribution in [0.3, 0.4) is 0 Å². The Balaban J connectivity index is 2.92. The molecule has 1 aromatic rings. The maximum atomic E-state index is 9.90. The van der Waals surface area contributed by atoms with E-state index in [0.29, 0.717) is 5.92 Å². The third kappa shape index (κ3) is 3.07. The normalized spacial score (nSPS) is 15.3. The highest BCUT2D eigenvalue weighted by Gasteiger charge is 2.24. The minimum atomic E-state index is -0.266. The molecule has 84 valence electrons. The molecule has 0 aliphatic carbocycles. The fraction of sp³-hybridized carbons (Fsp3) is 0.571. The van der Waals surface area contributed by atoms with E-state index in [2.05, 4.69) is 26.0 Å². The van der Waals surface area contributed by atoms with Crippen LogP contribution in [0, 0.1) is 5.92 Å². The third-order valence-electron chi connectivity index (χ3n) is 3.26. The van der Waals surface area contributed by atoms with E-state index in [1.807, 2.05) is 25.1 Å². The first-order valence-electron chi connectivity index (χ1n) is 5.93. The SMILES string of the molecule is CCC(CC)[C@@H](c1ccccc1)C(C)O. The lowest BCUT2D eigenvalue weighted by Crippen LogP contribution is -2.22. The van der Waals surface area contributed by atoms with Crippen LogP contribution in [0.1, 0.15) is 45.1 Å². The summed E-state index contributed by atoms with van der Waals surface area (Å²) < 4.78 is 0. The molecule has 0 aliphatic rings. The van der Waals surface area contributed by atoms with Crippen molar-refractivity contribution >= 4 is 0 Å². The largest absolute Gasteiger partial charge is 0.393 e. The molecule has 0 spiro atoms. The van der Waals surface area contributed by atoms with Crippen LogP contribution >= 0.6 is 0 Å². The zero-order valence-electron chi connectivity index (χ0n) is 9.98. The zero-order chi connectivity index (χ0) is 11.3. The molecule has 1 rings (SSSR count). The fourth-order valence-corrected chi connectivity index (χ4v) is 2.42. The number of aliphatic hydroxyl groups excluding tert-OH is 1. The van der Waals surface area contributed by atoms with Crippen LogP contribution in [0.2, 0.25) is 0 Å². The van der Waals surface area contributed by atoms with Crippen LogP contribution in [0.25, 0.3) is 0 Å². The van der Waals surface area contributed by atoms with E-state index in [1.165, 1.54) is 5.56 Å². The van der Waals surface area contributed by atoms with Gasteiger partial charge in [0.2, 0.25) is 0 Å². The molecule has 0 bridgehead atoms. The summed E-state index contributed by atoms with van der Waals surface area (Å²) in [4.78, 5) is 0. The van der Waals surface area contributed by atoms with Gasteiger partial charge in [0.1, 0.15) is 0 Å². The summed E-state index contributed by atoms with van der Waals surface area (Å²) in [5.74, 6) is 0.855. The number of hydrogen-bond donors (Lipinski definition) is 1. The van der Waals surface area contributed by atoms with Gasteiger partial charge in [-0.25, -0.2) is 0 Å². The summed E-state index contributed by atoms with van der Waals surface area (Å²) in [6.07, 6.45) is 1.99. The maximum absolute atomic E-state index is 9.90. The predicted molar refractivity (Wildman–Crippen MR) is 64.9 cm³/mol. The second-order valence-electron chi connectivity index (χ2n) is 4.25. The van der Waals surface area contributed by atoms with E-state index in [4.69, 9.17) is 0 Å². The molecule has 1 nitrogen and oxygen atoms in total. The molecule has 0 fully saturated rings. The number of hydrogen-bond acceptors (Lipinski definition) is 1. The van der Waals surface area contributed by atoms with Gasteiger partial charge in [0.25, 0.3) is 0 Å². The lowest BCUT2D eigenvalue weighted by molar-refractivity contribution is 0.128. The molecule has 0 aromatic heterocycles. The average molecular weight is 206 g/mol. The second kappa shape index (κ2) is 5.92. The van der Waals surface area contributed by atoms with Gasteiger partial charge in [-0.15, -0.1) is 0 Å². The van der Waals surface area contributed by atoms with Gasteiger partial charge < -0.3 is 5.11 Å². The fourth-order valence-electron chi connectivity index (χ4n) is 2.42. The van der Waals surface area contributed by atoms with Gasteiger partial charge in [0.05, 0.1) is 6.10 Å². The summed E-state index contributed by atoms with van der Waals surface area (Å²) in [7, 11) is 0.